The second-order valence-corrected chi connectivity index (χ2v) is 7.41. The van der Waals surface area contributed by atoms with Crippen molar-refractivity contribution in [2.75, 3.05) is 12.3 Å². The van der Waals surface area contributed by atoms with E-state index < -0.39 is 5.97 Å². The molecule has 110 valence electrons. The molecule has 0 atom stereocenters. The number of carboxylic acid groups (broad SMARTS) is 1. The molecule has 0 aliphatic rings. The summed E-state index contributed by atoms with van der Waals surface area (Å²) in [6, 6.07) is 6.38. The van der Waals surface area contributed by atoms with Gasteiger partial charge in [0.1, 0.15) is 0 Å². The average Bonchev–Trinajstić information content (AvgIpc) is 2.34. The van der Waals surface area contributed by atoms with Crippen LogP contribution in [-0.2, 0) is 11.2 Å². The summed E-state index contributed by atoms with van der Waals surface area (Å²) < 4.78 is 0.206. The molecule has 0 aromatic heterocycles. The van der Waals surface area contributed by atoms with E-state index in [0.29, 0.717) is 6.54 Å². The number of nitrogens with one attached hydrogen (secondary N) is 1. The molecule has 0 bridgehead atoms. The molecule has 0 radical (unpaired) electrons. The van der Waals surface area contributed by atoms with Crippen LogP contribution in [0.4, 0.5) is 0 Å². The topological polar surface area (TPSA) is 66.4 Å². The zero-order valence-electron chi connectivity index (χ0n) is 12.1. The molecule has 0 saturated heterocycles. The molecular weight excluding hydrogens is 274 g/mol. The molecule has 5 heteroatoms. The van der Waals surface area contributed by atoms with Gasteiger partial charge in [-0.25, -0.2) is 4.79 Å². The minimum Gasteiger partial charge on any atom is -0.478 e. The van der Waals surface area contributed by atoms with Gasteiger partial charge in [0.05, 0.1) is 12.0 Å². The van der Waals surface area contributed by atoms with E-state index in [2.05, 4.69) is 26.1 Å². The van der Waals surface area contributed by atoms with Crippen molar-refractivity contribution in [1.29, 1.82) is 0 Å². The Hall–Kier alpha value is -1.49. The molecule has 1 amide bonds. The fourth-order valence-corrected chi connectivity index (χ4v) is 2.38. The second kappa shape index (κ2) is 7.33. The lowest BCUT2D eigenvalue weighted by atomic mass is 10.1. The van der Waals surface area contributed by atoms with Crippen LogP contribution in [0.5, 0.6) is 0 Å². The number of hydrogen-bond acceptors (Lipinski definition) is 3. The fraction of sp³-hybridized carbons (Fsp3) is 0.467. The summed E-state index contributed by atoms with van der Waals surface area (Å²) >= 11 is 1.81. The molecule has 4 nitrogen and oxygen atoms in total. The number of carboxylic acids is 1. The Labute approximate surface area is 124 Å². The van der Waals surface area contributed by atoms with Crippen LogP contribution >= 0.6 is 11.8 Å². The Morgan fingerprint density at radius 1 is 1.20 bits per heavy atom. The van der Waals surface area contributed by atoms with Crippen molar-refractivity contribution >= 4 is 23.6 Å². The van der Waals surface area contributed by atoms with Crippen molar-refractivity contribution in [2.24, 2.45) is 0 Å². The van der Waals surface area contributed by atoms with Crippen molar-refractivity contribution in [3.8, 4) is 0 Å². The average molecular weight is 295 g/mol. The Morgan fingerprint density at radius 2 is 1.80 bits per heavy atom. The van der Waals surface area contributed by atoms with Gasteiger partial charge in [0.25, 0.3) is 0 Å². The van der Waals surface area contributed by atoms with Gasteiger partial charge in [0.2, 0.25) is 5.91 Å². The highest BCUT2D eigenvalue weighted by Crippen LogP contribution is 2.21. The van der Waals surface area contributed by atoms with Gasteiger partial charge in [0.15, 0.2) is 0 Å². The van der Waals surface area contributed by atoms with Crippen molar-refractivity contribution in [1.82, 2.24) is 5.32 Å². The third-order valence-corrected chi connectivity index (χ3v) is 3.80. The number of carbonyl (C=O) groups excluding carboxylic acids is 1. The predicted octanol–water partition coefficient (Wildman–Crippen LogP) is 2.58. The second-order valence-electron chi connectivity index (χ2n) is 5.49. The van der Waals surface area contributed by atoms with Crippen LogP contribution in [0.3, 0.4) is 0 Å². The summed E-state index contributed by atoms with van der Waals surface area (Å²) in [6.07, 6.45) is 0.278. The number of aromatic carboxylic acids is 1. The molecule has 1 rings (SSSR count). The molecule has 1 aromatic rings. The lowest BCUT2D eigenvalue weighted by Crippen LogP contribution is -2.28. The molecule has 0 aliphatic heterocycles. The Kier molecular flexibility index (Phi) is 6.07. The minimum absolute atomic E-state index is 0.0393. The van der Waals surface area contributed by atoms with Gasteiger partial charge in [-0.15, -0.1) is 0 Å². The van der Waals surface area contributed by atoms with Gasteiger partial charge in [-0.2, -0.15) is 11.8 Å². The van der Waals surface area contributed by atoms with Crippen LogP contribution in [0, 0.1) is 0 Å². The first-order valence-electron chi connectivity index (χ1n) is 6.51. The zero-order valence-corrected chi connectivity index (χ0v) is 12.9. The highest BCUT2D eigenvalue weighted by Gasteiger charge is 2.10. The standard InChI is InChI=1S/C15H21NO3S/c1-15(2,3)20-9-8-16-13(17)10-11-4-6-12(7-5-11)14(18)19/h4-7H,8-10H2,1-3H3,(H,16,17)(H,18,19). The number of amides is 1. The molecule has 0 fully saturated rings. The van der Waals surface area contributed by atoms with E-state index in [9.17, 15) is 9.59 Å². The smallest absolute Gasteiger partial charge is 0.335 e. The van der Waals surface area contributed by atoms with E-state index in [1.165, 1.54) is 12.1 Å². The highest BCUT2D eigenvalue weighted by molar-refractivity contribution is 8.00. The number of hydrogen-bond donors (Lipinski definition) is 2. The molecule has 0 unspecified atom stereocenters. The maximum atomic E-state index is 11.7. The minimum atomic E-state index is -0.958. The summed E-state index contributed by atoms with van der Waals surface area (Å²) in [6.45, 7) is 7.07. The lowest BCUT2D eigenvalue weighted by Gasteiger charge is -2.17. The third kappa shape index (κ3) is 6.61. The molecule has 2 N–H and O–H groups in total. The largest absolute Gasteiger partial charge is 0.478 e. The first-order valence-corrected chi connectivity index (χ1v) is 7.49. The molecule has 0 saturated carbocycles. The van der Waals surface area contributed by atoms with E-state index in [1.54, 1.807) is 12.1 Å². The summed E-state index contributed by atoms with van der Waals surface area (Å²) in [5, 5.41) is 11.6. The first-order chi connectivity index (χ1) is 9.28. The SMILES string of the molecule is CC(C)(C)SCCNC(=O)Cc1ccc(C(=O)O)cc1. The fourth-order valence-electron chi connectivity index (χ4n) is 1.56. The van der Waals surface area contributed by atoms with Crippen molar-refractivity contribution < 1.29 is 14.7 Å². The maximum absolute atomic E-state index is 11.7. The van der Waals surface area contributed by atoms with Crippen LogP contribution in [0.2, 0.25) is 0 Å². The maximum Gasteiger partial charge on any atom is 0.335 e. The molecule has 0 spiro atoms. The summed E-state index contributed by atoms with van der Waals surface area (Å²) in [5.74, 6) is -0.115. The third-order valence-electron chi connectivity index (χ3n) is 2.52. The van der Waals surface area contributed by atoms with Gasteiger partial charge in [-0.3, -0.25) is 4.79 Å². The highest BCUT2D eigenvalue weighted by atomic mass is 32.2. The Balaban J connectivity index is 2.33. The van der Waals surface area contributed by atoms with Gasteiger partial charge < -0.3 is 10.4 Å². The number of thioether (sulfide) groups is 1. The predicted molar refractivity (Wildman–Crippen MR) is 82.3 cm³/mol. The molecule has 20 heavy (non-hydrogen) atoms. The van der Waals surface area contributed by atoms with Crippen LogP contribution in [-0.4, -0.2) is 34.0 Å². The summed E-state index contributed by atoms with van der Waals surface area (Å²) in [4.78, 5) is 22.4. The van der Waals surface area contributed by atoms with Crippen LogP contribution in [0.25, 0.3) is 0 Å². The van der Waals surface area contributed by atoms with E-state index >= 15 is 0 Å². The first kappa shape index (κ1) is 16.6. The van der Waals surface area contributed by atoms with Crippen molar-refractivity contribution in [2.45, 2.75) is 31.9 Å². The number of carbonyl (C=O) groups is 2. The number of benzene rings is 1. The van der Waals surface area contributed by atoms with Gasteiger partial charge in [-0.1, -0.05) is 32.9 Å². The van der Waals surface area contributed by atoms with E-state index in [1.807, 2.05) is 11.8 Å². The Bertz CT molecular complexity index is 463. The molecular formula is C15H21NO3S. The molecule has 1 aromatic carbocycles. The molecule has 0 heterocycles. The Morgan fingerprint density at radius 3 is 2.30 bits per heavy atom. The normalized spacial score (nSPS) is 11.2. The van der Waals surface area contributed by atoms with Crippen LogP contribution in [0.15, 0.2) is 24.3 Å². The van der Waals surface area contributed by atoms with Crippen molar-refractivity contribution in [3.05, 3.63) is 35.4 Å². The van der Waals surface area contributed by atoms with Crippen LogP contribution in [0.1, 0.15) is 36.7 Å². The van der Waals surface area contributed by atoms with Crippen molar-refractivity contribution in [3.63, 3.8) is 0 Å². The zero-order chi connectivity index (χ0) is 15.2. The molecule has 0 aliphatic carbocycles. The van der Waals surface area contributed by atoms with E-state index in [0.717, 1.165) is 11.3 Å². The quantitative estimate of drug-likeness (QED) is 0.792. The monoisotopic (exact) mass is 295 g/mol. The number of rotatable bonds is 6. The van der Waals surface area contributed by atoms with Gasteiger partial charge in [-0.05, 0) is 17.7 Å². The van der Waals surface area contributed by atoms with Crippen LogP contribution < -0.4 is 5.32 Å². The van der Waals surface area contributed by atoms with E-state index in [4.69, 9.17) is 5.11 Å². The van der Waals surface area contributed by atoms with E-state index in [-0.39, 0.29) is 22.6 Å². The van der Waals surface area contributed by atoms with Gasteiger partial charge in [0, 0.05) is 17.0 Å². The summed E-state index contributed by atoms with van der Waals surface area (Å²) in [5.41, 5.74) is 1.05. The van der Waals surface area contributed by atoms with Gasteiger partial charge >= 0.3 is 5.97 Å². The summed E-state index contributed by atoms with van der Waals surface area (Å²) in [7, 11) is 0. The lowest BCUT2D eigenvalue weighted by molar-refractivity contribution is -0.120.